The summed E-state index contributed by atoms with van der Waals surface area (Å²) in [6.45, 7) is 3.06. The van der Waals surface area contributed by atoms with Gasteiger partial charge >= 0.3 is 0 Å². The monoisotopic (exact) mass is 271 g/mol. The first kappa shape index (κ1) is 12.6. The smallest absolute Gasteiger partial charge is 0.0410 e. The fourth-order valence-electron chi connectivity index (χ4n) is 1.31. The predicted molar refractivity (Wildman–Crippen MR) is 66.8 cm³/mol. The number of hydrogen-bond donors (Lipinski definition) is 1. The van der Waals surface area contributed by atoms with E-state index in [9.17, 15) is 0 Å². The van der Waals surface area contributed by atoms with Gasteiger partial charge in [-0.2, -0.15) is 0 Å². The van der Waals surface area contributed by atoms with Crippen molar-refractivity contribution in [3.05, 3.63) is 28.5 Å². The summed E-state index contributed by atoms with van der Waals surface area (Å²) in [4.78, 5) is 6.31. The first-order valence-electron chi connectivity index (χ1n) is 5.13. The van der Waals surface area contributed by atoms with Crippen LogP contribution in [0.4, 0.5) is 0 Å². The summed E-state index contributed by atoms with van der Waals surface area (Å²) in [7, 11) is 4.19. The molecule has 3 nitrogen and oxygen atoms in total. The largest absolute Gasteiger partial charge is 0.313 e. The van der Waals surface area contributed by atoms with E-state index in [1.165, 1.54) is 12.0 Å². The summed E-state index contributed by atoms with van der Waals surface area (Å²) in [6.07, 6.45) is 4.87. The highest BCUT2D eigenvalue weighted by Gasteiger charge is 1.95. The average molecular weight is 272 g/mol. The number of nitrogens with zero attached hydrogens (tertiary/aromatic N) is 2. The van der Waals surface area contributed by atoms with Crippen LogP contribution in [0, 0.1) is 0 Å². The molecule has 4 heteroatoms. The summed E-state index contributed by atoms with van der Waals surface area (Å²) in [5.74, 6) is 0. The molecule has 0 aromatic carbocycles. The molecule has 1 heterocycles. The molecule has 0 saturated carbocycles. The summed E-state index contributed by atoms with van der Waals surface area (Å²) < 4.78 is 1.04. The van der Waals surface area contributed by atoms with Gasteiger partial charge in [-0.3, -0.25) is 4.98 Å². The molecule has 0 fully saturated rings. The number of rotatable bonds is 6. The second-order valence-corrected chi connectivity index (χ2v) is 4.76. The Morgan fingerprint density at radius 2 is 2.20 bits per heavy atom. The Balaban J connectivity index is 2.15. The van der Waals surface area contributed by atoms with Crippen molar-refractivity contribution in [2.24, 2.45) is 0 Å². The van der Waals surface area contributed by atoms with Gasteiger partial charge in [-0.1, -0.05) is 0 Å². The number of aromatic nitrogens is 1. The van der Waals surface area contributed by atoms with Crippen LogP contribution in [0.15, 0.2) is 22.9 Å². The van der Waals surface area contributed by atoms with Gasteiger partial charge in [0.15, 0.2) is 0 Å². The van der Waals surface area contributed by atoms with E-state index in [1.54, 1.807) is 6.20 Å². The zero-order chi connectivity index (χ0) is 11.1. The van der Waals surface area contributed by atoms with Crippen molar-refractivity contribution in [2.45, 2.75) is 13.0 Å². The van der Waals surface area contributed by atoms with Crippen LogP contribution in [0.25, 0.3) is 0 Å². The van der Waals surface area contributed by atoms with Crippen LogP contribution in [0.5, 0.6) is 0 Å². The molecule has 0 spiro atoms. The third kappa shape index (κ3) is 5.87. The maximum absolute atomic E-state index is 4.12. The van der Waals surface area contributed by atoms with Crippen molar-refractivity contribution in [2.75, 3.05) is 27.2 Å². The van der Waals surface area contributed by atoms with Crippen LogP contribution in [-0.4, -0.2) is 37.1 Å². The van der Waals surface area contributed by atoms with Crippen LogP contribution in [0.1, 0.15) is 12.0 Å². The molecule has 0 saturated heterocycles. The minimum atomic E-state index is 0.889. The zero-order valence-electron chi connectivity index (χ0n) is 9.33. The molecule has 0 atom stereocenters. The first-order chi connectivity index (χ1) is 7.18. The summed E-state index contributed by atoms with van der Waals surface area (Å²) in [5, 5.41) is 3.40. The van der Waals surface area contributed by atoms with Gasteiger partial charge in [0.25, 0.3) is 0 Å². The van der Waals surface area contributed by atoms with Crippen molar-refractivity contribution >= 4 is 15.9 Å². The number of hydrogen-bond acceptors (Lipinski definition) is 3. The Kier molecular flexibility index (Phi) is 5.83. The van der Waals surface area contributed by atoms with Crippen molar-refractivity contribution < 1.29 is 0 Å². The maximum atomic E-state index is 4.12. The van der Waals surface area contributed by atoms with E-state index in [4.69, 9.17) is 0 Å². The first-order valence-corrected chi connectivity index (χ1v) is 5.92. The van der Waals surface area contributed by atoms with E-state index in [0.717, 1.165) is 24.1 Å². The van der Waals surface area contributed by atoms with Crippen LogP contribution in [0.3, 0.4) is 0 Å². The third-order valence-corrected chi connectivity index (χ3v) is 2.48. The lowest BCUT2D eigenvalue weighted by Crippen LogP contribution is -2.21. The molecular formula is C11H18BrN3. The second-order valence-electron chi connectivity index (χ2n) is 3.85. The van der Waals surface area contributed by atoms with E-state index in [2.05, 4.69) is 51.3 Å². The Labute approximate surface area is 100 Å². The number of nitrogens with one attached hydrogen (secondary N) is 1. The van der Waals surface area contributed by atoms with Gasteiger partial charge < -0.3 is 10.2 Å². The standard InChI is InChI=1S/C11H18BrN3/c1-15(2)5-3-4-13-7-10-6-11(12)9-14-8-10/h6,8-9,13H,3-5,7H2,1-2H3. The van der Waals surface area contributed by atoms with Gasteiger partial charge in [-0.25, -0.2) is 0 Å². The Hall–Kier alpha value is -0.450. The molecule has 1 aromatic rings. The summed E-state index contributed by atoms with van der Waals surface area (Å²) >= 11 is 3.41. The molecule has 0 aliphatic heterocycles. The summed E-state index contributed by atoms with van der Waals surface area (Å²) in [6, 6.07) is 2.09. The van der Waals surface area contributed by atoms with Gasteiger partial charge in [0.05, 0.1) is 0 Å². The fourth-order valence-corrected chi connectivity index (χ4v) is 1.72. The molecule has 1 N–H and O–H groups in total. The SMILES string of the molecule is CN(C)CCCNCc1cncc(Br)c1. The normalized spacial score (nSPS) is 10.9. The Bertz CT molecular complexity index is 289. The molecule has 1 rings (SSSR count). The topological polar surface area (TPSA) is 28.2 Å². The number of pyridine rings is 1. The van der Waals surface area contributed by atoms with Crippen molar-refractivity contribution in [1.82, 2.24) is 15.2 Å². The molecule has 0 bridgehead atoms. The van der Waals surface area contributed by atoms with E-state index in [-0.39, 0.29) is 0 Å². The molecule has 0 unspecified atom stereocenters. The lowest BCUT2D eigenvalue weighted by molar-refractivity contribution is 0.394. The van der Waals surface area contributed by atoms with Gasteiger partial charge in [0.1, 0.15) is 0 Å². The van der Waals surface area contributed by atoms with Gasteiger partial charge in [-0.15, -0.1) is 0 Å². The third-order valence-electron chi connectivity index (χ3n) is 2.05. The highest BCUT2D eigenvalue weighted by atomic mass is 79.9. The molecule has 15 heavy (non-hydrogen) atoms. The molecule has 0 aliphatic carbocycles. The predicted octanol–water partition coefficient (Wildman–Crippen LogP) is 1.89. The average Bonchev–Trinajstić information content (AvgIpc) is 2.17. The Morgan fingerprint density at radius 1 is 1.40 bits per heavy atom. The molecule has 0 radical (unpaired) electrons. The highest BCUT2D eigenvalue weighted by molar-refractivity contribution is 9.10. The lowest BCUT2D eigenvalue weighted by atomic mass is 10.3. The van der Waals surface area contributed by atoms with Gasteiger partial charge in [-0.05, 0) is 61.2 Å². The van der Waals surface area contributed by atoms with Crippen molar-refractivity contribution in [3.63, 3.8) is 0 Å². The minimum Gasteiger partial charge on any atom is -0.313 e. The molecule has 0 amide bonds. The molecule has 84 valence electrons. The lowest BCUT2D eigenvalue weighted by Gasteiger charge is -2.09. The quantitative estimate of drug-likeness (QED) is 0.801. The van der Waals surface area contributed by atoms with E-state index >= 15 is 0 Å². The van der Waals surface area contributed by atoms with Crippen molar-refractivity contribution in [1.29, 1.82) is 0 Å². The zero-order valence-corrected chi connectivity index (χ0v) is 10.9. The van der Waals surface area contributed by atoms with E-state index in [0.29, 0.717) is 0 Å². The van der Waals surface area contributed by atoms with E-state index in [1.807, 2.05) is 6.20 Å². The van der Waals surface area contributed by atoms with Gasteiger partial charge in [0.2, 0.25) is 0 Å². The maximum Gasteiger partial charge on any atom is 0.0410 e. The second kappa shape index (κ2) is 6.93. The van der Waals surface area contributed by atoms with Gasteiger partial charge in [0, 0.05) is 23.4 Å². The molecule has 0 aliphatic rings. The number of halogens is 1. The molecule has 1 aromatic heterocycles. The fraction of sp³-hybridized carbons (Fsp3) is 0.545. The summed E-state index contributed by atoms with van der Waals surface area (Å²) in [5.41, 5.74) is 1.22. The molecular weight excluding hydrogens is 254 g/mol. The Morgan fingerprint density at radius 3 is 2.87 bits per heavy atom. The van der Waals surface area contributed by atoms with Crippen LogP contribution < -0.4 is 5.32 Å². The van der Waals surface area contributed by atoms with E-state index < -0.39 is 0 Å². The van der Waals surface area contributed by atoms with Crippen LogP contribution in [0.2, 0.25) is 0 Å². The highest BCUT2D eigenvalue weighted by Crippen LogP contribution is 2.08. The van der Waals surface area contributed by atoms with Crippen molar-refractivity contribution in [3.8, 4) is 0 Å². The van der Waals surface area contributed by atoms with Crippen LogP contribution >= 0.6 is 15.9 Å². The van der Waals surface area contributed by atoms with Crippen LogP contribution in [-0.2, 0) is 6.54 Å². The minimum absolute atomic E-state index is 0.889.